The number of fused-ring (bicyclic) bond motifs is 12. The zero-order valence-electron chi connectivity index (χ0n) is 99.3. The van der Waals surface area contributed by atoms with E-state index in [-0.39, 0.29) is 0 Å². The Bertz CT molecular complexity index is 3730. The first kappa shape index (κ1) is 109. The molecule has 8 unspecified atom stereocenters. The Balaban J connectivity index is 0.0000000871. The molecule has 0 aromatic carbocycles. The summed E-state index contributed by atoms with van der Waals surface area (Å²) in [5.41, 5.74) is 9.56. The molecule has 38 fully saturated rings. The molecule has 0 saturated heterocycles. The Morgan fingerprint density at radius 3 is 0.345 bits per heavy atom. The van der Waals surface area contributed by atoms with Gasteiger partial charge >= 0.3 is 0 Å². The molecule has 0 heterocycles. The van der Waals surface area contributed by atoms with E-state index in [1.807, 2.05) is 0 Å². The van der Waals surface area contributed by atoms with Gasteiger partial charge in [0.25, 0.3) is 0 Å². The standard InChI is InChI=1S/C17H28.C16H26.C15H24.C14H22.C14H24.C13H22.C13H24.C12H20.C12H22.C11H18.C11H20/c1-2-4-6-17(7-5-3-1)15-9-13-8-14(11-15)12-16(17)10-13;1-2-4-6-16(5-3-1)14-8-12-7-13(10-14)11-15(16)9-12;1-2-4-15(5-3-1)13-7-11-6-12(9-13)10-14(15)8-11;1-2-4-14(3-1)12-6-10-5-11(8-12)9-13(14)7-10;1-2-4-8-14(9-5-3-1)11-12-6-7-13(14)10-12;1-2-4-8-13(7-3-1)10-11-5-6-12(13)9-11;1-2-5-9-13(10-6-3-1)11-7-4-8-12-13;1-2-6-12(7-3-1)9-10-4-5-11(12)8-10;1-2-5-9-12(8-4-1)10-6-3-7-11-12;1-2-6-11(5-1)8-9-3-4-10(11)7-9;1-3-7-11(8-4-1)9-5-2-6-10-11/h13-16H,1-12H2;12-15H,1-11H2;11-14H,1-10H2;10-13H,1-9H2;12-13H,1-11H2;11-12H,1-10H2;1-12H2;10-11H,1-9H2;1-11H2;9-10H,1-8H2;1-10H2. The third kappa shape index (κ3) is 24.4. The molecule has 8 atom stereocenters. The van der Waals surface area contributed by atoms with Gasteiger partial charge in [-0.05, 0) is 587 Å². The van der Waals surface area contributed by atoms with E-state index in [1.165, 1.54) is 283 Å². The predicted molar refractivity (Wildman–Crippen MR) is 632 cm³/mol. The average Bonchev–Trinajstić information content (AvgIpc) is 0.823. The summed E-state index contributed by atoms with van der Waals surface area (Å²) in [5, 5.41) is 0. The van der Waals surface area contributed by atoms with Crippen LogP contribution in [0.15, 0.2) is 0 Å². The first-order valence-corrected chi connectivity index (χ1v) is 72.8. The van der Waals surface area contributed by atoms with Gasteiger partial charge in [-0.15, -0.1) is 0 Å². The molecule has 148 heavy (non-hydrogen) atoms. The van der Waals surface area contributed by atoms with Gasteiger partial charge in [0, 0.05) is 0 Å². The van der Waals surface area contributed by atoms with Crippen LogP contribution in [0.4, 0.5) is 0 Å². The van der Waals surface area contributed by atoms with Gasteiger partial charge in [-0.3, -0.25) is 0 Å². The average molecular weight is 2030 g/mol. The lowest BCUT2D eigenvalue weighted by Crippen LogP contribution is -2.53. The van der Waals surface area contributed by atoms with Crippen LogP contribution in [-0.2, 0) is 0 Å². The number of hydrogen-bond acceptors (Lipinski definition) is 0. The van der Waals surface area contributed by atoms with E-state index in [9.17, 15) is 0 Å². The SMILES string of the molecule is C1CCC2(C1)C1CC3CC(C1)CC2C3.C1CCC2(C1)CC1CCC2C1.C1CCC2(CC1)C1CC3CC(C1)CC2C3.C1CCC2(CC1)CC1CCC2C1.C1CCC2(CC1)CCCCC2.C1CCCC2(CC1)C1CC3CC(C1)CC2C3.C1CCCC2(CC1)CC1CCC2C1.C1CCCC2(CC1)CCCCC2.C1CCCC2(CCC1)C1CC3CC(C1)CC2C3.C1CCCC2(CCC1)CC1CCC2C1.C1CCCC2(CCC1)CCCCC2. The van der Waals surface area contributed by atoms with Crippen LogP contribution in [0.5, 0.6) is 0 Å². The van der Waals surface area contributed by atoms with Gasteiger partial charge in [-0.25, -0.2) is 0 Å². The van der Waals surface area contributed by atoms with Crippen LogP contribution < -0.4 is 0 Å². The van der Waals surface area contributed by atoms with Crippen molar-refractivity contribution in [2.75, 3.05) is 0 Å². The van der Waals surface area contributed by atoms with Crippen molar-refractivity contribution >= 4 is 0 Å². The van der Waals surface area contributed by atoms with Gasteiger partial charge in [0.15, 0.2) is 0 Å². The van der Waals surface area contributed by atoms with Crippen LogP contribution in [0.25, 0.3) is 0 Å². The largest absolute Gasteiger partial charge is 0.0533 e. The highest BCUT2D eigenvalue weighted by molar-refractivity contribution is 5.14. The van der Waals surface area contributed by atoms with Crippen molar-refractivity contribution < 1.29 is 0 Å². The van der Waals surface area contributed by atoms with Crippen molar-refractivity contribution in [2.45, 2.75) is 726 Å². The minimum atomic E-state index is 0.832. The Morgan fingerprint density at radius 1 is 0.0878 bits per heavy atom. The van der Waals surface area contributed by atoms with Gasteiger partial charge in [0.1, 0.15) is 0 Å². The third-order valence-corrected chi connectivity index (χ3v) is 59.2. The molecule has 38 aliphatic carbocycles. The molecule has 0 nitrogen and oxygen atoms in total. The second-order valence-electron chi connectivity index (χ2n) is 66.7. The first-order valence-electron chi connectivity index (χ1n) is 72.8. The molecule has 0 amide bonds. The molecule has 0 aromatic rings. The molecule has 24 bridgehead atoms. The van der Waals surface area contributed by atoms with Crippen molar-refractivity contribution in [3.05, 3.63) is 0 Å². The molecule has 38 saturated carbocycles. The lowest BCUT2D eigenvalue weighted by molar-refractivity contribution is -0.126. The molecule has 0 radical (unpaired) electrons. The summed E-state index contributed by atoms with van der Waals surface area (Å²) in [7, 11) is 0. The zero-order chi connectivity index (χ0) is 99.3. The molecule has 38 aliphatic rings. The lowest BCUT2D eigenvalue weighted by atomic mass is 9.42. The fraction of sp³-hybridized carbons (Fsp3) is 1.00. The topological polar surface area (TPSA) is 0 Å². The molecule has 842 valence electrons. The highest BCUT2D eigenvalue weighted by atomic mass is 14.7. The van der Waals surface area contributed by atoms with Crippen molar-refractivity contribution in [1.82, 2.24) is 0 Å². The summed E-state index contributed by atoms with van der Waals surface area (Å²) in [5.74, 6) is 28.0. The van der Waals surface area contributed by atoms with E-state index in [2.05, 4.69) is 0 Å². The van der Waals surface area contributed by atoms with Gasteiger partial charge in [-0.2, -0.15) is 0 Å². The van der Waals surface area contributed by atoms with Gasteiger partial charge in [0.2, 0.25) is 0 Å². The molecular formula is C148H250. The summed E-state index contributed by atoms with van der Waals surface area (Å²) in [6, 6.07) is 0. The molecule has 0 aliphatic heterocycles. The van der Waals surface area contributed by atoms with Crippen LogP contribution in [-0.4, -0.2) is 0 Å². The van der Waals surface area contributed by atoms with Crippen LogP contribution >= 0.6 is 0 Å². The molecule has 0 aromatic heterocycles. The van der Waals surface area contributed by atoms with Crippen LogP contribution in [0, 0.1) is 202 Å². The molecule has 0 heteroatoms. The van der Waals surface area contributed by atoms with E-state index >= 15 is 0 Å². The van der Waals surface area contributed by atoms with E-state index in [0.717, 1.165) is 131 Å². The second-order valence-corrected chi connectivity index (χ2v) is 66.7. The van der Waals surface area contributed by atoms with Crippen molar-refractivity contribution in [1.29, 1.82) is 0 Å². The monoisotopic (exact) mass is 2030 g/mol. The Morgan fingerprint density at radius 2 is 0.203 bits per heavy atom. The second kappa shape index (κ2) is 49.7. The van der Waals surface area contributed by atoms with Crippen LogP contribution in [0.1, 0.15) is 726 Å². The molecule has 0 N–H and O–H groups in total. The minimum Gasteiger partial charge on any atom is -0.0533 e. The third-order valence-electron chi connectivity index (χ3n) is 59.2. The maximum atomic E-state index is 1.63. The van der Waals surface area contributed by atoms with Crippen molar-refractivity contribution in [2.24, 2.45) is 202 Å². The van der Waals surface area contributed by atoms with E-state index in [0.29, 0.717) is 0 Å². The highest BCUT2D eigenvalue weighted by Crippen LogP contribution is 2.74. The number of rotatable bonds is 0. The van der Waals surface area contributed by atoms with Crippen molar-refractivity contribution in [3.8, 4) is 0 Å². The molecule has 38 rings (SSSR count). The van der Waals surface area contributed by atoms with Gasteiger partial charge in [0.05, 0.1) is 0 Å². The maximum absolute atomic E-state index is 1.63. The van der Waals surface area contributed by atoms with Crippen molar-refractivity contribution in [3.63, 3.8) is 0 Å². The lowest BCUT2D eigenvalue weighted by Gasteiger charge is -2.63. The summed E-state index contributed by atoms with van der Waals surface area (Å²) in [6.45, 7) is 0. The van der Waals surface area contributed by atoms with E-state index in [1.54, 1.807) is 514 Å². The summed E-state index contributed by atoms with van der Waals surface area (Å²) in [6.07, 6.45) is 178. The fourth-order valence-electron chi connectivity index (χ4n) is 52.9. The minimum absolute atomic E-state index is 0.832. The van der Waals surface area contributed by atoms with E-state index in [4.69, 9.17) is 0 Å². The van der Waals surface area contributed by atoms with Crippen LogP contribution in [0.3, 0.4) is 0 Å². The summed E-state index contributed by atoms with van der Waals surface area (Å²) < 4.78 is 0. The fourth-order valence-corrected chi connectivity index (χ4v) is 52.9. The van der Waals surface area contributed by atoms with Crippen LogP contribution in [0.2, 0.25) is 0 Å². The highest BCUT2D eigenvalue weighted by Gasteiger charge is 2.63. The van der Waals surface area contributed by atoms with Gasteiger partial charge in [-0.1, -0.05) is 340 Å². The van der Waals surface area contributed by atoms with Gasteiger partial charge < -0.3 is 0 Å². The zero-order valence-corrected chi connectivity index (χ0v) is 99.3. The normalized spacial score (nSPS) is 43.0. The Labute approximate surface area is 920 Å². The number of hydrogen-bond donors (Lipinski definition) is 0. The Hall–Kier alpha value is 0. The molecule has 11 spiro atoms. The first-order chi connectivity index (χ1) is 72.8. The smallest absolute Gasteiger partial charge is 0.0240 e. The Kier molecular flexibility index (Phi) is 36.8. The predicted octanol–water partition coefficient (Wildman–Crippen LogP) is 47.0. The van der Waals surface area contributed by atoms with E-state index < -0.39 is 0 Å². The summed E-state index contributed by atoms with van der Waals surface area (Å²) in [4.78, 5) is 0. The summed E-state index contributed by atoms with van der Waals surface area (Å²) >= 11 is 0. The maximum Gasteiger partial charge on any atom is -0.0240 e. The molecular weight excluding hydrogens is 1780 g/mol. The quantitative estimate of drug-likeness (QED) is 0.227.